The van der Waals surface area contributed by atoms with Crippen LogP contribution in [0.4, 0.5) is 0 Å². The molecule has 1 fully saturated rings. The molecule has 140 valence electrons. The SMILES string of the molecule is COc1ccc(-c2ccc(CCC(=O)N(C)C3CCC(O)CC3)o2)cc1. The Morgan fingerprint density at radius 2 is 1.85 bits per heavy atom. The number of hydrogen-bond acceptors (Lipinski definition) is 4. The molecule has 5 heteroatoms. The van der Waals surface area contributed by atoms with Crippen molar-refractivity contribution in [2.75, 3.05) is 14.2 Å². The molecular weight excluding hydrogens is 330 g/mol. The summed E-state index contributed by atoms with van der Waals surface area (Å²) >= 11 is 0. The molecule has 0 aliphatic heterocycles. The fourth-order valence-corrected chi connectivity index (χ4v) is 3.48. The lowest BCUT2D eigenvalue weighted by Crippen LogP contribution is -2.40. The van der Waals surface area contributed by atoms with Crippen LogP contribution in [0.25, 0.3) is 11.3 Å². The van der Waals surface area contributed by atoms with Crippen molar-refractivity contribution >= 4 is 5.91 Å². The number of carbonyl (C=O) groups is 1. The molecule has 1 aliphatic carbocycles. The number of aryl methyl sites for hydroxylation is 1. The molecule has 0 atom stereocenters. The van der Waals surface area contributed by atoms with Crippen LogP contribution in [-0.2, 0) is 11.2 Å². The number of furan rings is 1. The van der Waals surface area contributed by atoms with E-state index in [1.807, 2.05) is 48.3 Å². The second kappa shape index (κ2) is 8.41. The predicted molar refractivity (Wildman–Crippen MR) is 100 cm³/mol. The van der Waals surface area contributed by atoms with E-state index in [1.165, 1.54) is 0 Å². The number of rotatable bonds is 6. The topological polar surface area (TPSA) is 62.9 Å². The lowest BCUT2D eigenvalue weighted by Gasteiger charge is -2.33. The van der Waals surface area contributed by atoms with Gasteiger partial charge in [0.2, 0.25) is 5.91 Å². The van der Waals surface area contributed by atoms with Crippen LogP contribution in [0.5, 0.6) is 5.75 Å². The summed E-state index contributed by atoms with van der Waals surface area (Å²) in [5.74, 6) is 2.56. The number of aliphatic hydroxyl groups is 1. The predicted octanol–water partition coefficient (Wildman–Crippen LogP) is 3.65. The Balaban J connectivity index is 1.53. The van der Waals surface area contributed by atoms with Crippen LogP contribution < -0.4 is 4.74 Å². The van der Waals surface area contributed by atoms with Crippen LogP contribution in [0, 0.1) is 0 Å². The first-order valence-corrected chi connectivity index (χ1v) is 9.23. The van der Waals surface area contributed by atoms with Crippen molar-refractivity contribution in [2.24, 2.45) is 0 Å². The maximum Gasteiger partial charge on any atom is 0.223 e. The number of ether oxygens (including phenoxy) is 1. The lowest BCUT2D eigenvalue weighted by atomic mass is 9.92. The monoisotopic (exact) mass is 357 g/mol. The van der Waals surface area contributed by atoms with Gasteiger partial charge in [0.15, 0.2) is 0 Å². The van der Waals surface area contributed by atoms with Crippen LogP contribution in [0.3, 0.4) is 0 Å². The summed E-state index contributed by atoms with van der Waals surface area (Å²) in [4.78, 5) is 14.3. The van der Waals surface area contributed by atoms with Gasteiger partial charge in [0, 0.05) is 31.5 Å². The largest absolute Gasteiger partial charge is 0.497 e. The average molecular weight is 357 g/mol. The Labute approximate surface area is 154 Å². The van der Waals surface area contributed by atoms with E-state index in [9.17, 15) is 9.90 Å². The Bertz CT molecular complexity index is 714. The third-order valence-electron chi connectivity index (χ3n) is 5.23. The Hall–Kier alpha value is -2.27. The van der Waals surface area contributed by atoms with Crippen molar-refractivity contribution < 1.29 is 19.1 Å². The van der Waals surface area contributed by atoms with E-state index in [4.69, 9.17) is 9.15 Å². The minimum Gasteiger partial charge on any atom is -0.497 e. The van der Waals surface area contributed by atoms with Gasteiger partial charge in [-0.05, 0) is 62.1 Å². The van der Waals surface area contributed by atoms with Crippen LogP contribution in [0.2, 0.25) is 0 Å². The highest BCUT2D eigenvalue weighted by atomic mass is 16.5. The lowest BCUT2D eigenvalue weighted by molar-refractivity contribution is -0.133. The van der Waals surface area contributed by atoms with Gasteiger partial charge >= 0.3 is 0 Å². The summed E-state index contributed by atoms with van der Waals surface area (Å²) in [5, 5.41) is 9.60. The van der Waals surface area contributed by atoms with E-state index >= 15 is 0 Å². The molecule has 1 N–H and O–H groups in total. The normalized spacial score (nSPS) is 20.0. The van der Waals surface area contributed by atoms with E-state index in [2.05, 4.69) is 0 Å². The minimum absolute atomic E-state index is 0.133. The third-order valence-corrected chi connectivity index (χ3v) is 5.23. The molecule has 1 saturated carbocycles. The molecule has 0 bridgehead atoms. The summed E-state index contributed by atoms with van der Waals surface area (Å²) < 4.78 is 11.1. The van der Waals surface area contributed by atoms with Crippen LogP contribution in [-0.4, -0.2) is 42.2 Å². The van der Waals surface area contributed by atoms with Crippen molar-refractivity contribution in [3.8, 4) is 17.1 Å². The average Bonchev–Trinajstić information content (AvgIpc) is 3.15. The van der Waals surface area contributed by atoms with Crippen molar-refractivity contribution in [1.29, 1.82) is 0 Å². The van der Waals surface area contributed by atoms with Crippen molar-refractivity contribution in [1.82, 2.24) is 4.90 Å². The van der Waals surface area contributed by atoms with Crippen LogP contribution in [0.1, 0.15) is 37.9 Å². The number of methoxy groups -OCH3 is 1. The van der Waals surface area contributed by atoms with Gasteiger partial charge in [-0.1, -0.05) is 0 Å². The summed E-state index contributed by atoms with van der Waals surface area (Å²) in [6.45, 7) is 0. The van der Waals surface area contributed by atoms with Gasteiger partial charge in [-0.3, -0.25) is 4.79 Å². The molecule has 1 aromatic heterocycles. The molecule has 1 aromatic carbocycles. The van der Waals surface area contributed by atoms with E-state index in [0.717, 1.165) is 48.5 Å². The van der Waals surface area contributed by atoms with Crippen molar-refractivity contribution in [2.45, 2.75) is 50.7 Å². The second-order valence-electron chi connectivity index (χ2n) is 6.96. The van der Waals surface area contributed by atoms with Crippen molar-refractivity contribution in [3.63, 3.8) is 0 Å². The molecule has 1 heterocycles. The molecule has 5 nitrogen and oxygen atoms in total. The molecule has 0 radical (unpaired) electrons. The summed E-state index contributed by atoms with van der Waals surface area (Å²) in [6.07, 6.45) is 4.16. The van der Waals surface area contributed by atoms with E-state index in [1.54, 1.807) is 7.11 Å². The molecule has 0 spiro atoms. The fraction of sp³-hybridized carbons (Fsp3) is 0.476. The van der Waals surface area contributed by atoms with Crippen molar-refractivity contribution in [3.05, 3.63) is 42.2 Å². The molecule has 1 amide bonds. The van der Waals surface area contributed by atoms with E-state index < -0.39 is 0 Å². The first kappa shape index (κ1) is 18.5. The molecule has 26 heavy (non-hydrogen) atoms. The maximum absolute atomic E-state index is 12.5. The number of nitrogens with zero attached hydrogens (tertiary/aromatic N) is 1. The Kier molecular flexibility index (Phi) is 5.99. The maximum atomic E-state index is 12.5. The first-order valence-electron chi connectivity index (χ1n) is 9.23. The molecule has 2 aromatic rings. The fourth-order valence-electron chi connectivity index (χ4n) is 3.48. The van der Waals surface area contributed by atoms with Gasteiger partial charge in [0.25, 0.3) is 0 Å². The smallest absolute Gasteiger partial charge is 0.223 e. The highest BCUT2D eigenvalue weighted by Crippen LogP contribution is 2.26. The molecule has 3 rings (SSSR count). The molecular formula is C21H27NO4. The summed E-state index contributed by atoms with van der Waals surface area (Å²) in [6, 6.07) is 11.8. The zero-order chi connectivity index (χ0) is 18.5. The second-order valence-corrected chi connectivity index (χ2v) is 6.96. The summed E-state index contributed by atoms with van der Waals surface area (Å²) in [5.41, 5.74) is 0.987. The van der Waals surface area contributed by atoms with Gasteiger partial charge < -0.3 is 19.2 Å². The van der Waals surface area contributed by atoms with Gasteiger partial charge in [0.05, 0.1) is 13.2 Å². The van der Waals surface area contributed by atoms with Crippen LogP contribution in [0.15, 0.2) is 40.8 Å². The number of hydrogen-bond donors (Lipinski definition) is 1. The van der Waals surface area contributed by atoms with Gasteiger partial charge in [-0.25, -0.2) is 0 Å². The minimum atomic E-state index is -0.200. The zero-order valence-corrected chi connectivity index (χ0v) is 15.5. The standard InChI is InChI=1S/C21H27NO4/c1-22(16-5-7-17(23)8-6-16)21(24)14-12-19-11-13-20(26-19)15-3-9-18(25-2)10-4-15/h3-4,9-11,13,16-17,23H,5-8,12,14H2,1-2H3. The molecule has 0 saturated heterocycles. The van der Waals surface area contributed by atoms with Gasteiger partial charge in [-0.15, -0.1) is 0 Å². The van der Waals surface area contributed by atoms with Crippen LogP contribution >= 0.6 is 0 Å². The quantitative estimate of drug-likeness (QED) is 0.857. The van der Waals surface area contributed by atoms with E-state index in [0.29, 0.717) is 12.8 Å². The number of aliphatic hydroxyl groups excluding tert-OH is 1. The Morgan fingerprint density at radius 3 is 2.50 bits per heavy atom. The van der Waals surface area contributed by atoms with E-state index in [-0.39, 0.29) is 18.1 Å². The molecule has 0 unspecified atom stereocenters. The zero-order valence-electron chi connectivity index (χ0n) is 15.5. The number of amides is 1. The highest BCUT2D eigenvalue weighted by Gasteiger charge is 2.25. The first-order chi connectivity index (χ1) is 12.6. The Morgan fingerprint density at radius 1 is 1.15 bits per heavy atom. The summed E-state index contributed by atoms with van der Waals surface area (Å²) in [7, 11) is 3.51. The highest BCUT2D eigenvalue weighted by molar-refractivity contribution is 5.76. The number of benzene rings is 1. The van der Waals surface area contributed by atoms with Gasteiger partial charge in [-0.2, -0.15) is 0 Å². The molecule has 1 aliphatic rings. The number of carbonyl (C=O) groups excluding carboxylic acids is 1. The van der Waals surface area contributed by atoms with Gasteiger partial charge in [0.1, 0.15) is 17.3 Å². The third kappa shape index (κ3) is 4.47.